The average Bonchev–Trinajstić information content (AvgIpc) is 2.83. The molecular weight excluding hydrogens is 412 g/mol. The van der Waals surface area contributed by atoms with Crippen molar-refractivity contribution in [3.63, 3.8) is 0 Å². The maximum atomic E-state index is 5.77. The van der Waals surface area contributed by atoms with Crippen molar-refractivity contribution in [2.75, 3.05) is 33.5 Å². The van der Waals surface area contributed by atoms with Gasteiger partial charge in [0.1, 0.15) is 18.8 Å². The summed E-state index contributed by atoms with van der Waals surface area (Å²) in [6.45, 7) is 7.21. The van der Waals surface area contributed by atoms with Crippen LogP contribution in [0.25, 0.3) is 0 Å². The minimum Gasteiger partial charge on any atom is -0.443 e. The SMILES string of the molecule is C#CC#CC#CC#CC#CC#CC#CC#CC#COCC(CC)OCC(COCC=C)OC. The highest BCUT2D eigenvalue weighted by Gasteiger charge is 2.12. The minimum atomic E-state index is -0.157. The quantitative estimate of drug-likeness (QED) is 0.282. The van der Waals surface area contributed by atoms with Gasteiger partial charge in [-0.2, -0.15) is 0 Å². The van der Waals surface area contributed by atoms with E-state index in [2.05, 4.69) is 107 Å². The molecule has 4 heteroatoms. The fourth-order valence-corrected chi connectivity index (χ4v) is 1.63. The standard InChI is InChI=1S/C29H22O4/c1-5-8-9-10-11-12-13-14-15-16-17-18-19-20-21-22-24-32-25-28(7-3)33-27-29(30-4)26-31-23-6-2/h1,6,28-29H,2,7,23,25-27H2,3-4H3. The van der Waals surface area contributed by atoms with E-state index in [9.17, 15) is 0 Å². The van der Waals surface area contributed by atoms with Gasteiger partial charge in [0.05, 0.1) is 25.9 Å². The predicted molar refractivity (Wildman–Crippen MR) is 129 cm³/mol. The van der Waals surface area contributed by atoms with Crippen molar-refractivity contribution in [3.8, 4) is 107 Å². The molecule has 0 saturated heterocycles. The van der Waals surface area contributed by atoms with Gasteiger partial charge in [-0.1, -0.05) is 13.0 Å². The highest BCUT2D eigenvalue weighted by Crippen LogP contribution is 2.02. The zero-order chi connectivity index (χ0) is 24.2. The number of hydrogen-bond acceptors (Lipinski definition) is 4. The molecule has 0 aliphatic rings. The molecule has 0 aliphatic heterocycles. The molecule has 162 valence electrons. The Balaban J connectivity index is 4.30. The summed E-state index contributed by atoms with van der Waals surface area (Å²) in [6, 6.07) is 0. The molecule has 0 saturated carbocycles. The lowest BCUT2D eigenvalue weighted by atomic mass is 10.3. The summed E-state index contributed by atoms with van der Waals surface area (Å²) < 4.78 is 21.7. The van der Waals surface area contributed by atoms with E-state index in [0.29, 0.717) is 26.4 Å². The molecule has 0 bridgehead atoms. The van der Waals surface area contributed by atoms with Gasteiger partial charge in [-0.15, -0.1) is 13.0 Å². The van der Waals surface area contributed by atoms with Crippen molar-refractivity contribution in [1.82, 2.24) is 0 Å². The first-order chi connectivity index (χ1) is 16.3. The summed E-state index contributed by atoms with van der Waals surface area (Å²) in [5.74, 6) is 39.5. The third-order valence-electron chi connectivity index (χ3n) is 3.19. The van der Waals surface area contributed by atoms with Crippen LogP contribution in [0.15, 0.2) is 12.7 Å². The third kappa shape index (κ3) is 20.5. The molecule has 2 atom stereocenters. The molecule has 33 heavy (non-hydrogen) atoms. The Morgan fingerprint density at radius 2 is 1.24 bits per heavy atom. The van der Waals surface area contributed by atoms with Crippen LogP contribution >= 0.6 is 0 Å². The summed E-state index contributed by atoms with van der Waals surface area (Å²) in [6.07, 6.45) is 9.62. The van der Waals surface area contributed by atoms with Gasteiger partial charge in [0, 0.05) is 54.5 Å². The monoisotopic (exact) mass is 434 g/mol. The van der Waals surface area contributed by atoms with E-state index in [1.165, 1.54) is 0 Å². The summed E-state index contributed by atoms with van der Waals surface area (Å²) >= 11 is 0. The fourth-order valence-electron chi connectivity index (χ4n) is 1.63. The van der Waals surface area contributed by atoms with Gasteiger partial charge in [-0.3, -0.25) is 0 Å². The highest BCUT2D eigenvalue weighted by atomic mass is 16.6. The molecule has 0 aromatic heterocycles. The number of hydrogen-bond donors (Lipinski definition) is 0. The van der Waals surface area contributed by atoms with E-state index in [-0.39, 0.29) is 12.2 Å². The van der Waals surface area contributed by atoms with Gasteiger partial charge < -0.3 is 18.9 Å². The molecule has 0 rings (SSSR count). The van der Waals surface area contributed by atoms with Crippen LogP contribution < -0.4 is 0 Å². The van der Waals surface area contributed by atoms with Crippen molar-refractivity contribution >= 4 is 0 Å². The first kappa shape index (κ1) is 28.5. The van der Waals surface area contributed by atoms with E-state index in [1.54, 1.807) is 13.2 Å². The van der Waals surface area contributed by atoms with Crippen LogP contribution in [0, 0.1) is 107 Å². The lowest BCUT2D eigenvalue weighted by Crippen LogP contribution is -2.29. The Hall–Kier alpha value is -4.54. The van der Waals surface area contributed by atoms with E-state index < -0.39 is 0 Å². The van der Waals surface area contributed by atoms with E-state index >= 15 is 0 Å². The Bertz CT molecular complexity index is 1160. The molecule has 0 amide bonds. The van der Waals surface area contributed by atoms with Gasteiger partial charge in [0.25, 0.3) is 0 Å². The number of ether oxygens (including phenoxy) is 4. The first-order valence-corrected chi connectivity index (χ1v) is 9.68. The van der Waals surface area contributed by atoms with Crippen LogP contribution in [0.1, 0.15) is 13.3 Å². The van der Waals surface area contributed by atoms with Gasteiger partial charge in [0.15, 0.2) is 0 Å². The lowest BCUT2D eigenvalue weighted by molar-refractivity contribution is -0.0699. The molecule has 0 fully saturated rings. The van der Waals surface area contributed by atoms with E-state index in [4.69, 9.17) is 25.4 Å². The van der Waals surface area contributed by atoms with Crippen molar-refractivity contribution in [1.29, 1.82) is 0 Å². The van der Waals surface area contributed by atoms with Crippen molar-refractivity contribution < 1.29 is 18.9 Å². The third-order valence-corrected chi connectivity index (χ3v) is 3.19. The summed E-state index contributed by atoms with van der Waals surface area (Å²) in [4.78, 5) is 0. The van der Waals surface area contributed by atoms with Gasteiger partial charge in [0.2, 0.25) is 0 Å². The predicted octanol–water partition coefficient (Wildman–Crippen LogP) is 1.63. The number of rotatable bonds is 11. The normalized spacial score (nSPS) is 9.00. The zero-order valence-corrected chi connectivity index (χ0v) is 18.7. The molecule has 0 aromatic carbocycles. The van der Waals surface area contributed by atoms with Crippen LogP contribution in [0.2, 0.25) is 0 Å². The number of methoxy groups -OCH3 is 1. The van der Waals surface area contributed by atoms with Crippen LogP contribution in [0.3, 0.4) is 0 Å². The minimum absolute atomic E-state index is 0.112. The number of terminal acetylenes is 1. The van der Waals surface area contributed by atoms with Gasteiger partial charge >= 0.3 is 0 Å². The lowest BCUT2D eigenvalue weighted by Gasteiger charge is -2.19. The van der Waals surface area contributed by atoms with Gasteiger partial charge in [-0.25, -0.2) is 0 Å². The topological polar surface area (TPSA) is 36.9 Å². The molecule has 2 unspecified atom stereocenters. The second-order valence-electron chi connectivity index (χ2n) is 5.48. The molecule has 0 aromatic rings. The largest absolute Gasteiger partial charge is 0.443 e. The summed E-state index contributed by atoms with van der Waals surface area (Å²) in [5, 5.41) is 0. The van der Waals surface area contributed by atoms with Crippen LogP contribution in [0.5, 0.6) is 0 Å². The van der Waals surface area contributed by atoms with Crippen LogP contribution in [0.4, 0.5) is 0 Å². The molecule has 0 spiro atoms. The molecule has 4 nitrogen and oxygen atoms in total. The second-order valence-corrected chi connectivity index (χ2v) is 5.48. The smallest absolute Gasteiger partial charge is 0.126 e. The van der Waals surface area contributed by atoms with E-state index in [1.807, 2.05) is 6.92 Å². The Labute approximate surface area is 198 Å². The Kier molecular flexibility index (Phi) is 20.5. The maximum Gasteiger partial charge on any atom is 0.126 e. The molecular formula is C29H22O4. The van der Waals surface area contributed by atoms with Gasteiger partial charge in [-0.05, 0) is 53.8 Å². The summed E-state index contributed by atoms with van der Waals surface area (Å²) in [5.41, 5.74) is 0. The van der Waals surface area contributed by atoms with E-state index in [0.717, 1.165) is 6.42 Å². The molecule has 0 N–H and O–H groups in total. The first-order valence-electron chi connectivity index (χ1n) is 9.68. The van der Waals surface area contributed by atoms with Crippen molar-refractivity contribution in [2.24, 2.45) is 0 Å². The highest BCUT2D eigenvalue weighted by molar-refractivity contribution is 5.46. The average molecular weight is 434 g/mol. The second kappa shape index (κ2) is 23.7. The summed E-state index contributed by atoms with van der Waals surface area (Å²) in [7, 11) is 1.61. The van der Waals surface area contributed by atoms with Crippen molar-refractivity contribution in [3.05, 3.63) is 12.7 Å². The fraction of sp³-hybridized carbons (Fsp3) is 0.310. The van der Waals surface area contributed by atoms with Crippen LogP contribution in [-0.4, -0.2) is 45.7 Å². The molecule has 0 heterocycles. The molecule has 0 aliphatic carbocycles. The van der Waals surface area contributed by atoms with Crippen molar-refractivity contribution in [2.45, 2.75) is 25.6 Å². The Morgan fingerprint density at radius 1 is 0.727 bits per heavy atom. The Morgan fingerprint density at radius 3 is 1.70 bits per heavy atom. The molecule has 0 radical (unpaired) electrons. The maximum absolute atomic E-state index is 5.77. The van der Waals surface area contributed by atoms with Crippen LogP contribution in [-0.2, 0) is 18.9 Å². The zero-order valence-electron chi connectivity index (χ0n) is 18.7.